The number of para-hydroxylation sites is 1. The molecule has 1 aliphatic heterocycles. The van der Waals surface area contributed by atoms with Crippen LogP contribution in [0.2, 0.25) is 0 Å². The van der Waals surface area contributed by atoms with Crippen LogP contribution in [-0.2, 0) is 19.1 Å². The van der Waals surface area contributed by atoms with Gasteiger partial charge in [-0.2, -0.15) is 0 Å². The van der Waals surface area contributed by atoms with Crippen LogP contribution < -0.4 is 40.9 Å². The number of halogens is 2. The van der Waals surface area contributed by atoms with Crippen LogP contribution in [0.5, 0.6) is 11.5 Å². The van der Waals surface area contributed by atoms with Crippen LogP contribution in [0.4, 0.5) is 10.1 Å². The number of amides is 1. The molecular weight excluding hydrogens is 718 g/mol. The predicted octanol–water partition coefficient (Wildman–Crippen LogP) is 3.88. The Hall–Kier alpha value is -2.70. The molecule has 46 heavy (non-hydrogen) atoms. The number of benzene rings is 3. The zero-order valence-electron chi connectivity index (χ0n) is 27.4. The molecule has 0 saturated carbocycles. The van der Waals surface area contributed by atoms with Gasteiger partial charge in [-0.3, -0.25) is 0 Å². The average molecular weight is 766 g/mol. The number of carbonyl (C=O) groups is 1. The number of sulfone groups is 1. The second-order valence-electron chi connectivity index (χ2n) is 11.9. The van der Waals surface area contributed by atoms with E-state index in [0.29, 0.717) is 31.9 Å². The van der Waals surface area contributed by atoms with Crippen molar-refractivity contribution in [2.75, 3.05) is 48.4 Å². The van der Waals surface area contributed by atoms with Crippen LogP contribution in [0.1, 0.15) is 58.4 Å². The van der Waals surface area contributed by atoms with E-state index in [-0.39, 0.29) is 43.2 Å². The van der Waals surface area contributed by atoms with E-state index >= 15 is 0 Å². The quantitative estimate of drug-likeness (QED) is 0.120. The molecule has 0 aromatic heterocycles. The van der Waals surface area contributed by atoms with Gasteiger partial charge in [-0.05, 0) is 0 Å². The third-order valence-electron chi connectivity index (χ3n) is 8.22. The topological polar surface area (TPSA) is 84.9 Å². The van der Waals surface area contributed by atoms with Crippen molar-refractivity contribution in [1.29, 1.82) is 0 Å². The number of rotatable bonds is 18. The van der Waals surface area contributed by atoms with Gasteiger partial charge >= 0.3 is 265 Å². The summed E-state index contributed by atoms with van der Waals surface area (Å²) in [6.07, 6.45) is 5.50. The number of nitrogens with one attached hydrogen (secondary N) is 1. The van der Waals surface area contributed by atoms with Crippen LogP contribution in [-0.4, -0.2) is 57.9 Å². The fourth-order valence-corrected chi connectivity index (χ4v) is 9.45. The molecule has 0 bridgehead atoms. The van der Waals surface area contributed by atoms with Crippen molar-refractivity contribution in [2.24, 2.45) is 5.41 Å². The molecule has 1 fully saturated rings. The Morgan fingerprint density at radius 1 is 0.957 bits per heavy atom. The molecule has 0 aliphatic carbocycles. The summed E-state index contributed by atoms with van der Waals surface area (Å²) in [6, 6.07) is 17.5. The summed E-state index contributed by atoms with van der Waals surface area (Å²) in [7, 11) is -3.45. The fraction of sp³-hybridized carbons (Fsp3) is 0.472. The maximum absolute atomic E-state index is 13.6. The summed E-state index contributed by atoms with van der Waals surface area (Å²) in [5.74, 6) is 1.26. The van der Waals surface area contributed by atoms with Crippen molar-refractivity contribution < 1.29 is 48.3 Å². The summed E-state index contributed by atoms with van der Waals surface area (Å²) in [5.41, 5.74) is 3.27. The summed E-state index contributed by atoms with van der Waals surface area (Å²) in [5, 5.41) is 3.61. The first-order valence-electron chi connectivity index (χ1n) is 16.1. The van der Waals surface area contributed by atoms with Gasteiger partial charge in [0.15, 0.2) is 0 Å². The van der Waals surface area contributed by atoms with E-state index in [4.69, 9.17) is 9.47 Å². The van der Waals surface area contributed by atoms with E-state index in [0.717, 1.165) is 65.8 Å². The van der Waals surface area contributed by atoms with E-state index in [9.17, 15) is 17.6 Å². The molecular formula is C36H47FIN2O5S-. The predicted molar refractivity (Wildman–Crippen MR) is 179 cm³/mol. The Morgan fingerprint density at radius 3 is 2.26 bits per heavy atom. The second kappa shape index (κ2) is 16.9. The third kappa shape index (κ3) is 9.44. The fourth-order valence-electron chi connectivity index (χ4n) is 6.20. The monoisotopic (exact) mass is 765 g/mol. The first-order valence-corrected chi connectivity index (χ1v) is 21.1. The van der Waals surface area contributed by atoms with Crippen LogP contribution in [0.3, 0.4) is 0 Å². The summed E-state index contributed by atoms with van der Waals surface area (Å²) < 4.78 is 52.6. The Kier molecular flexibility index (Phi) is 13.3. The van der Waals surface area contributed by atoms with Gasteiger partial charge in [0.1, 0.15) is 0 Å². The summed E-state index contributed by atoms with van der Waals surface area (Å²) in [6.45, 7) is 9.43. The molecule has 1 aliphatic rings. The number of anilines is 1. The molecule has 3 aromatic carbocycles. The molecule has 0 spiro atoms. The molecule has 1 heterocycles. The number of alkyl halides is 2. The summed E-state index contributed by atoms with van der Waals surface area (Å²) >= 11 is -0.0690. The van der Waals surface area contributed by atoms with Crippen LogP contribution in [0.25, 0.3) is 11.1 Å². The molecule has 1 unspecified atom stereocenters. The summed E-state index contributed by atoms with van der Waals surface area (Å²) in [4.78, 5) is 15.1. The van der Waals surface area contributed by atoms with Crippen molar-refractivity contribution in [1.82, 2.24) is 5.32 Å². The molecule has 1 amide bonds. The molecule has 10 heteroatoms. The van der Waals surface area contributed by atoms with Gasteiger partial charge in [0.05, 0.1) is 0 Å². The van der Waals surface area contributed by atoms with Crippen LogP contribution in [0.15, 0.2) is 65.6 Å². The van der Waals surface area contributed by atoms with Gasteiger partial charge in [-0.1, -0.05) is 6.07 Å². The van der Waals surface area contributed by atoms with Crippen molar-refractivity contribution in [2.45, 2.75) is 62.2 Å². The molecule has 0 radical (unpaired) electrons. The maximum atomic E-state index is 13.6. The zero-order valence-corrected chi connectivity index (χ0v) is 30.4. The van der Waals surface area contributed by atoms with Crippen molar-refractivity contribution in [3.63, 3.8) is 0 Å². The number of ether oxygens (including phenoxy) is 2. The molecule has 7 nitrogen and oxygen atoms in total. The number of carbonyl (C=O) groups excluding carboxylic acids is 1. The van der Waals surface area contributed by atoms with Gasteiger partial charge in [0.2, 0.25) is 0 Å². The van der Waals surface area contributed by atoms with Crippen molar-refractivity contribution in [3.05, 3.63) is 72.0 Å². The van der Waals surface area contributed by atoms with Gasteiger partial charge in [-0.25, -0.2) is 8.42 Å². The Bertz CT molecular complexity index is 1540. The van der Waals surface area contributed by atoms with Crippen molar-refractivity contribution in [3.8, 4) is 22.6 Å². The van der Waals surface area contributed by atoms with E-state index in [1.165, 1.54) is 28.4 Å². The van der Waals surface area contributed by atoms with Crippen LogP contribution >= 0.6 is 0 Å². The minimum atomic E-state index is -3.45. The zero-order chi connectivity index (χ0) is 33.2. The van der Waals surface area contributed by atoms with Crippen molar-refractivity contribution >= 4 is 21.4 Å². The first-order chi connectivity index (χ1) is 22.1. The number of hydrogen-bond donors (Lipinski definition) is 1. The van der Waals surface area contributed by atoms with Gasteiger partial charge in [0, 0.05) is 6.26 Å². The van der Waals surface area contributed by atoms with Gasteiger partial charge in [-0.15, -0.1) is 0 Å². The average Bonchev–Trinajstić information content (AvgIpc) is 3.34. The first kappa shape index (κ1) is 36.1. The van der Waals surface area contributed by atoms with E-state index in [1.54, 1.807) is 41.3 Å². The molecule has 1 N–H and O–H groups in total. The SMILES string of the molecule is CCCC1(CCNCCC[I-]Cc2cc(OCC)c(-c3ccc(F)cc3)c(OCC)c2)CC(=O)N(c2ccccc2S(C)(=O)=O)C1. The van der Waals surface area contributed by atoms with Crippen LogP contribution in [0, 0.1) is 11.2 Å². The van der Waals surface area contributed by atoms with E-state index < -0.39 is 9.84 Å². The Balaban J connectivity index is 1.28. The minimum absolute atomic E-state index is 0.0000104. The molecule has 252 valence electrons. The molecule has 3 aromatic rings. The van der Waals surface area contributed by atoms with Gasteiger partial charge < -0.3 is 0 Å². The third-order valence-corrected chi connectivity index (χ3v) is 12.3. The number of nitrogens with zero attached hydrogens (tertiary/aromatic N) is 1. The molecule has 1 atom stereocenters. The Labute approximate surface area is 284 Å². The molecule has 1 saturated heterocycles. The number of hydrogen-bond acceptors (Lipinski definition) is 6. The van der Waals surface area contributed by atoms with E-state index in [2.05, 4.69) is 24.4 Å². The normalized spacial score (nSPS) is 16.7. The van der Waals surface area contributed by atoms with Gasteiger partial charge in [0.25, 0.3) is 0 Å². The second-order valence-corrected chi connectivity index (χ2v) is 16.8. The van der Waals surface area contributed by atoms with E-state index in [1.807, 2.05) is 13.8 Å². The molecule has 4 rings (SSSR count). The standard InChI is InChI=1S/C36H47FIN2O5S/c1-5-17-36(24-34(41)40(26-36)30-11-8-9-12-33(30)46(4,42)43)18-21-39-20-10-19-38-25-27-22-31(44-6-2)35(32(23-27)45-7-3)28-13-15-29(37)16-14-28/h8-9,11-16,22-23,39H,5-7,10,17-21,24-26H2,1-4H3/q-1. The Morgan fingerprint density at radius 2 is 1.63 bits per heavy atom.